The van der Waals surface area contributed by atoms with Crippen molar-refractivity contribution in [3.05, 3.63) is 35.9 Å². The summed E-state index contributed by atoms with van der Waals surface area (Å²) in [7, 11) is 0. The smallest absolute Gasteiger partial charge is 0.410 e. The Morgan fingerprint density at radius 1 is 1.09 bits per heavy atom. The highest BCUT2D eigenvalue weighted by Gasteiger charge is 2.57. The van der Waals surface area contributed by atoms with Crippen LogP contribution in [0.15, 0.2) is 30.3 Å². The molecule has 3 saturated heterocycles. The molecule has 3 fully saturated rings. The lowest BCUT2D eigenvalue weighted by atomic mass is 9.93. The highest BCUT2D eigenvalue weighted by molar-refractivity contribution is 5.74. The third-order valence-electron chi connectivity index (χ3n) is 5.91. The Bertz CT molecular complexity index is 862. The Labute approximate surface area is 188 Å². The SMILES string of the molecule is CC(C)(C)OC(=O)N1CC2(C1)CN(C1CCCN(C(=O)OCc3ccccc3)C1)C(=O)O2. The van der Waals surface area contributed by atoms with Crippen LogP contribution in [0.25, 0.3) is 0 Å². The molecule has 9 heteroatoms. The van der Waals surface area contributed by atoms with Gasteiger partial charge in [0.1, 0.15) is 12.2 Å². The summed E-state index contributed by atoms with van der Waals surface area (Å²) in [5.74, 6) is 0. The minimum absolute atomic E-state index is 0.129. The Morgan fingerprint density at radius 2 is 1.81 bits per heavy atom. The van der Waals surface area contributed by atoms with E-state index in [9.17, 15) is 14.4 Å². The number of rotatable bonds is 3. The van der Waals surface area contributed by atoms with Gasteiger partial charge in [-0.3, -0.25) is 9.80 Å². The fourth-order valence-electron chi connectivity index (χ4n) is 4.38. The first-order chi connectivity index (χ1) is 15.1. The van der Waals surface area contributed by atoms with Gasteiger partial charge in [0, 0.05) is 13.1 Å². The van der Waals surface area contributed by atoms with Gasteiger partial charge in [0.2, 0.25) is 0 Å². The molecule has 1 atom stereocenters. The fraction of sp³-hybridized carbons (Fsp3) is 0.609. The van der Waals surface area contributed by atoms with Gasteiger partial charge in [0.25, 0.3) is 0 Å². The maximum Gasteiger partial charge on any atom is 0.410 e. The van der Waals surface area contributed by atoms with Crippen LogP contribution < -0.4 is 0 Å². The number of nitrogens with zero attached hydrogens (tertiary/aromatic N) is 3. The molecule has 0 aliphatic carbocycles. The Balaban J connectivity index is 1.29. The van der Waals surface area contributed by atoms with Crippen LogP contribution in [-0.4, -0.2) is 82.9 Å². The van der Waals surface area contributed by atoms with Crippen molar-refractivity contribution in [3.8, 4) is 0 Å². The van der Waals surface area contributed by atoms with E-state index in [1.807, 2.05) is 51.1 Å². The summed E-state index contributed by atoms with van der Waals surface area (Å²) in [5, 5.41) is 0. The van der Waals surface area contributed by atoms with Gasteiger partial charge in [-0.25, -0.2) is 14.4 Å². The van der Waals surface area contributed by atoms with E-state index in [4.69, 9.17) is 14.2 Å². The molecule has 3 aliphatic rings. The molecular formula is C23H31N3O6. The van der Waals surface area contributed by atoms with E-state index in [2.05, 4.69) is 0 Å². The molecule has 3 heterocycles. The summed E-state index contributed by atoms with van der Waals surface area (Å²) in [6.45, 7) is 7.73. The lowest BCUT2D eigenvalue weighted by Crippen LogP contribution is -2.66. The van der Waals surface area contributed by atoms with Crippen LogP contribution >= 0.6 is 0 Å². The van der Waals surface area contributed by atoms with E-state index in [-0.39, 0.29) is 18.7 Å². The molecule has 1 spiro atoms. The number of ether oxygens (including phenoxy) is 3. The normalized spacial score (nSPS) is 22.4. The number of piperidine rings is 1. The maximum atomic E-state index is 12.6. The van der Waals surface area contributed by atoms with Crippen molar-refractivity contribution >= 4 is 18.3 Å². The minimum atomic E-state index is -0.690. The Morgan fingerprint density at radius 3 is 2.50 bits per heavy atom. The van der Waals surface area contributed by atoms with Gasteiger partial charge < -0.3 is 19.1 Å². The molecule has 0 aromatic heterocycles. The summed E-state index contributed by atoms with van der Waals surface area (Å²) in [4.78, 5) is 42.3. The van der Waals surface area contributed by atoms with Crippen molar-refractivity contribution in [2.45, 2.75) is 57.5 Å². The summed E-state index contributed by atoms with van der Waals surface area (Å²) in [5.41, 5.74) is -0.331. The second kappa shape index (κ2) is 8.52. The molecule has 0 bridgehead atoms. The van der Waals surface area contributed by atoms with E-state index in [1.165, 1.54) is 0 Å². The third-order valence-corrected chi connectivity index (χ3v) is 5.91. The molecule has 1 aromatic carbocycles. The third kappa shape index (κ3) is 4.92. The van der Waals surface area contributed by atoms with E-state index in [1.54, 1.807) is 14.7 Å². The molecule has 3 amide bonds. The molecule has 3 aliphatic heterocycles. The predicted octanol–water partition coefficient (Wildman–Crippen LogP) is 3.23. The van der Waals surface area contributed by atoms with E-state index < -0.39 is 23.4 Å². The first kappa shape index (κ1) is 22.2. The summed E-state index contributed by atoms with van der Waals surface area (Å²) >= 11 is 0. The van der Waals surface area contributed by atoms with Crippen molar-refractivity contribution in [2.75, 3.05) is 32.7 Å². The quantitative estimate of drug-likeness (QED) is 0.664. The van der Waals surface area contributed by atoms with Crippen LogP contribution in [0.5, 0.6) is 0 Å². The number of hydrogen-bond donors (Lipinski definition) is 0. The van der Waals surface area contributed by atoms with Gasteiger partial charge in [0.15, 0.2) is 5.60 Å². The van der Waals surface area contributed by atoms with Crippen molar-refractivity contribution in [1.29, 1.82) is 0 Å². The van der Waals surface area contributed by atoms with Gasteiger partial charge in [-0.2, -0.15) is 0 Å². The van der Waals surface area contributed by atoms with Crippen molar-refractivity contribution in [3.63, 3.8) is 0 Å². The average Bonchev–Trinajstić information content (AvgIpc) is 3.08. The molecule has 0 radical (unpaired) electrons. The van der Waals surface area contributed by atoms with Crippen LogP contribution in [-0.2, 0) is 20.8 Å². The van der Waals surface area contributed by atoms with Gasteiger partial charge in [-0.05, 0) is 39.2 Å². The maximum absolute atomic E-state index is 12.6. The monoisotopic (exact) mass is 445 g/mol. The topological polar surface area (TPSA) is 88.6 Å². The number of carbonyl (C=O) groups excluding carboxylic acids is 3. The summed E-state index contributed by atoms with van der Waals surface area (Å²) in [6, 6.07) is 9.40. The molecule has 4 rings (SSSR count). The van der Waals surface area contributed by atoms with E-state index in [0.717, 1.165) is 18.4 Å². The predicted molar refractivity (Wildman–Crippen MR) is 115 cm³/mol. The van der Waals surface area contributed by atoms with Crippen molar-refractivity contribution in [2.24, 2.45) is 0 Å². The van der Waals surface area contributed by atoms with Crippen LogP contribution in [0.3, 0.4) is 0 Å². The fourth-order valence-corrected chi connectivity index (χ4v) is 4.38. The summed E-state index contributed by atoms with van der Waals surface area (Å²) < 4.78 is 16.5. The second-order valence-corrected chi connectivity index (χ2v) is 9.80. The zero-order chi connectivity index (χ0) is 22.9. The molecule has 174 valence electrons. The van der Waals surface area contributed by atoms with Gasteiger partial charge in [-0.15, -0.1) is 0 Å². The first-order valence-electron chi connectivity index (χ1n) is 11.1. The van der Waals surface area contributed by atoms with Crippen LogP contribution in [0.1, 0.15) is 39.2 Å². The number of benzene rings is 1. The number of carbonyl (C=O) groups is 3. The largest absolute Gasteiger partial charge is 0.445 e. The Kier molecular flexibility index (Phi) is 5.92. The molecular weight excluding hydrogens is 414 g/mol. The molecule has 9 nitrogen and oxygen atoms in total. The lowest BCUT2D eigenvalue weighted by Gasteiger charge is -2.45. The second-order valence-electron chi connectivity index (χ2n) is 9.80. The molecule has 1 unspecified atom stereocenters. The molecule has 32 heavy (non-hydrogen) atoms. The molecule has 0 N–H and O–H groups in total. The Hall–Kier alpha value is -2.97. The van der Waals surface area contributed by atoms with E-state index in [0.29, 0.717) is 32.7 Å². The van der Waals surface area contributed by atoms with Crippen LogP contribution in [0.2, 0.25) is 0 Å². The van der Waals surface area contributed by atoms with Gasteiger partial charge in [-0.1, -0.05) is 30.3 Å². The summed E-state index contributed by atoms with van der Waals surface area (Å²) in [6.07, 6.45) is 0.413. The zero-order valence-electron chi connectivity index (χ0n) is 18.9. The number of likely N-dealkylation sites (tertiary alicyclic amines) is 2. The minimum Gasteiger partial charge on any atom is -0.445 e. The van der Waals surface area contributed by atoms with Gasteiger partial charge >= 0.3 is 18.3 Å². The standard InChI is InChI=1S/C23H31N3O6/c1-22(2,3)31-20(28)25-14-23(15-25)16-26(21(29)32-23)18-10-7-11-24(12-18)19(27)30-13-17-8-5-4-6-9-17/h4-6,8-9,18H,7,10-16H2,1-3H3. The zero-order valence-corrected chi connectivity index (χ0v) is 18.9. The first-order valence-corrected chi connectivity index (χ1v) is 11.1. The van der Waals surface area contributed by atoms with Crippen molar-refractivity contribution < 1.29 is 28.6 Å². The van der Waals surface area contributed by atoms with Crippen LogP contribution in [0, 0.1) is 0 Å². The number of hydrogen-bond acceptors (Lipinski definition) is 6. The van der Waals surface area contributed by atoms with Crippen molar-refractivity contribution in [1.82, 2.24) is 14.7 Å². The highest BCUT2D eigenvalue weighted by Crippen LogP contribution is 2.35. The van der Waals surface area contributed by atoms with Crippen LogP contribution in [0.4, 0.5) is 14.4 Å². The van der Waals surface area contributed by atoms with E-state index >= 15 is 0 Å². The number of amides is 3. The highest BCUT2D eigenvalue weighted by atomic mass is 16.6. The molecule has 1 aromatic rings. The average molecular weight is 446 g/mol. The lowest BCUT2D eigenvalue weighted by molar-refractivity contribution is -0.0790. The van der Waals surface area contributed by atoms with Gasteiger partial charge in [0.05, 0.1) is 25.7 Å². The molecule has 0 saturated carbocycles.